The van der Waals surface area contributed by atoms with Crippen LogP contribution in [0.15, 0.2) is 54.9 Å². The Balaban J connectivity index is 1.58. The van der Waals surface area contributed by atoms with Crippen molar-refractivity contribution in [2.75, 3.05) is 7.11 Å². The van der Waals surface area contributed by atoms with Crippen LogP contribution < -0.4 is 9.47 Å². The SMILES string of the molecule is COc1cc(OCc2ccc(C(F)(F)F)cn2)ccc1-c1c(Cl)nc(-c2ccc(Cl)nc2)n1C. The smallest absolute Gasteiger partial charge is 0.417 e. The quantitative estimate of drug-likeness (QED) is 0.280. The van der Waals surface area contributed by atoms with Gasteiger partial charge in [-0.15, -0.1) is 0 Å². The summed E-state index contributed by atoms with van der Waals surface area (Å²) in [7, 11) is 3.33. The highest BCUT2D eigenvalue weighted by atomic mass is 35.5. The zero-order valence-corrected chi connectivity index (χ0v) is 19.4. The van der Waals surface area contributed by atoms with Gasteiger partial charge in [-0.2, -0.15) is 13.2 Å². The molecule has 0 bridgehead atoms. The average molecular weight is 509 g/mol. The van der Waals surface area contributed by atoms with Crippen molar-refractivity contribution >= 4 is 23.2 Å². The topological polar surface area (TPSA) is 62.1 Å². The third-order valence-electron chi connectivity index (χ3n) is 5.01. The van der Waals surface area contributed by atoms with Crippen molar-refractivity contribution in [2.24, 2.45) is 7.05 Å². The Morgan fingerprint density at radius 2 is 1.79 bits per heavy atom. The van der Waals surface area contributed by atoms with E-state index in [0.717, 1.165) is 17.8 Å². The molecule has 6 nitrogen and oxygen atoms in total. The van der Waals surface area contributed by atoms with E-state index < -0.39 is 11.7 Å². The number of nitrogens with zero attached hydrogens (tertiary/aromatic N) is 4. The number of rotatable bonds is 6. The van der Waals surface area contributed by atoms with Gasteiger partial charge in [-0.1, -0.05) is 23.2 Å². The lowest BCUT2D eigenvalue weighted by atomic mass is 10.1. The Kier molecular flexibility index (Phi) is 6.67. The minimum absolute atomic E-state index is 0.0131. The van der Waals surface area contributed by atoms with E-state index in [-0.39, 0.29) is 11.8 Å². The summed E-state index contributed by atoms with van der Waals surface area (Å²) < 4.78 is 51.1. The van der Waals surface area contributed by atoms with Gasteiger partial charge in [-0.05, 0) is 36.4 Å². The molecule has 0 N–H and O–H groups in total. The Hall–Kier alpha value is -3.30. The number of hydrogen-bond donors (Lipinski definition) is 0. The lowest BCUT2D eigenvalue weighted by Crippen LogP contribution is -2.07. The van der Waals surface area contributed by atoms with E-state index in [1.807, 2.05) is 11.6 Å². The molecule has 34 heavy (non-hydrogen) atoms. The van der Waals surface area contributed by atoms with E-state index >= 15 is 0 Å². The summed E-state index contributed by atoms with van der Waals surface area (Å²) in [5.74, 6) is 1.52. The fourth-order valence-electron chi connectivity index (χ4n) is 3.32. The third-order valence-corrected chi connectivity index (χ3v) is 5.49. The van der Waals surface area contributed by atoms with Crippen LogP contribution in [0.25, 0.3) is 22.6 Å². The predicted octanol–water partition coefficient (Wildman–Crippen LogP) is 6.46. The van der Waals surface area contributed by atoms with E-state index in [4.69, 9.17) is 32.7 Å². The summed E-state index contributed by atoms with van der Waals surface area (Å²) in [6.07, 6.45) is -2.05. The first kappa shape index (κ1) is 23.8. The van der Waals surface area contributed by atoms with Gasteiger partial charge < -0.3 is 14.0 Å². The molecule has 0 unspecified atom stereocenters. The molecule has 0 spiro atoms. The molecule has 4 rings (SSSR count). The molecule has 0 fully saturated rings. The molecule has 0 aliphatic heterocycles. The predicted molar refractivity (Wildman–Crippen MR) is 122 cm³/mol. The molecule has 11 heteroatoms. The fraction of sp³-hybridized carbons (Fsp3) is 0.174. The van der Waals surface area contributed by atoms with Crippen LogP contribution in [0.1, 0.15) is 11.3 Å². The molecule has 1 aromatic carbocycles. The number of pyridine rings is 2. The van der Waals surface area contributed by atoms with Gasteiger partial charge in [-0.3, -0.25) is 4.98 Å². The van der Waals surface area contributed by atoms with Crippen molar-refractivity contribution in [2.45, 2.75) is 12.8 Å². The molecule has 0 radical (unpaired) electrons. The first-order valence-corrected chi connectivity index (χ1v) is 10.6. The molecular formula is C23H17Cl2F3N4O2. The first-order chi connectivity index (χ1) is 16.2. The van der Waals surface area contributed by atoms with Crippen LogP contribution in [0.3, 0.4) is 0 Å². The normalized spacial score (nSPS) is 11.5. The van der Waals surface area contributed by atoms with Crippen molar-refractivity contribution in [3.8, 4) is 34.1 Å². The monoisotopic (exact) mass is 508 g/mol. The molecule has 0 aliphatic rings. The van der Waals surface area contributed by atoms with Crippen molar-refractivity contribution in [3.63, 3.8) is 0 Å². The zero-order valence-electron chi connectivity index (χ0n) is 17.9. The Morgan fingerprint density at radius 3 is 2.41 bits per heavy atom. The van der Waals surface area contributed by atoms with E-state index in [1.165, 1.54) is 13.2 Å². The molecule has 176 valence electrons. The Labute approximate surface area is 202 Å². The molecule has 0 atom stereocenters. The Morgan fingerprint density at radius 1 is 1.00 bits per heavy atom. The van der Waals surface area contributed by atoms with Crippen LogP contribution in [-0.4, -0.2) is 26.6 Å². The number of ether oxygens (including phenoxy) is 2. The Bertz CT molecular complexity index is 1310. The first-order valence-electron chi connectivity index (χ1n) is 9.85. The maximum absolute atomic E-state index is 12.7. The molecule has 3 aromatic heterocycles. The number of halogens is 5. The number of benzene rings is 1. The van der Waals surface area contributed by atoms with E-state index in [9.17, 15) is 13.2 Å². The molecule has 3 heterocycles. The van der Waals surface area contributed by atoms with Crippen LogP contribution in [0.5, 0.6) is 11.5 Å². The second kappa shape index (κ2) is 9.52. The van der Waals surface area contributed by atoms with Crippen molar-refractivity contribution < 1.29 is 22.6 Å². The highest BCUT2D eigenvalue weighted by molar-refractivity contribution is 6.32. The molecule has 4 aromatic rings. The van der Waals surface area contributed by atoms with Gasteiger partial charge in [0.25, 0.3) is 0 Å². The summed E-state index contributed by atoms with van der Waals surface area (Å²) in [5.41, 5.74) is 1.58. The van der Waals surface area contributed by atoms with Gasteiger partial charge in [0.2, 0.25) is 0 Å². The molecule has 0 aliphatic carbocycles. The van der Waals surface area contributed by atoms with Crippen molar-refractivity contribution in [3.05, 3.63) is 76.4 Å². The maximum atomic E-state index is 12.7. The highest BCUT2D eigenvalue weighted by Gasteiger charge is 2.30. The number of aromatic nitrogens is 4. The van der Waals surface area contributed by atoms with Crippen LogP contribution in [0.2, 0.25) is 10.3 Å². The molecule has 0 saturated carbocycles. The van der Waals surface area contributed by atoms with Gasteiger partial charge in [0, 0.05) is 36.6 Å². The van der Waals surface area contributed by atoms with Crippen LogP contribution in [0, 0.1) is 0 Å². The number of hydrogen-bond acceptors (Lipinski definition) is 5. The average Bonchev–Trinajstić information content (AvgIpc) is 3.11. The number of methoxy groups -OCH3 is 1. The van der Waals surface area contributed by atoms with Gasteiger partial charge in [-0.25, -0.2) is 9.97 Å². The summed E-state index contributed by atoms with van der Waals surface area (Å²) in [4.78, 5) is 12.3. The standard InChI is InChI=1S/C23H17Cl2F3N4O2/c1-32-20(21(25)31-22(32)13-3-8-19(24)30-10-13)17-7-6-16(9-18(17)33-2)34-12-15-5-4-14(11-29-15)23(26,27)28/h3-11H,12H2,1-2H3. The lowest BCUT2D eigenvalue weighted by Gasteiger charge is -2.13. The molecular weight excluding hydrogens is 492 g/mol. The van der Waals surface area contributed by atoms with Gasteiger partial charge in [0.1, 0.15) is 29.1 Å². The van der Waals surface area contributed by atoms with Crippen molar-refractivity contribution in [1.29, 1.82) is 0 Å². The second-order valence-corrected chi connectivity index (χ2v) is 7.94. The summed E-state index contributed by atoms with van der Waals surface area (Å²) in [5, 5.41) is 0.640. The highest BCUT2D eigenvalue weighted by Crippen LogP contribution is 2.39. The summed E-state index contributed by atoms with van der Waals surface area (Å²) in [6, 6.07) is 10.8. The minimum atomic E-state index is -4.44. The maximum Gasteiger partial charge on any atom is 0.417 e. The third kappa shape index (κ3) is 4.95. The minimum Gasteiger partial charge on any atom is -0.496 e. The number of imidazole rings is 1. The van der Waals surface area contributed by atoms with Gasteiger partial charge >= 0.3 is 6.18 Å². The van der Waals surface area contributed by atoms with Crippen LogP contribution >= 0.6 is 23.2 Å². The van der Waals surface area contributed by atoms with E-state index in [1.54, 1.807) is 36.5 Å². The summed E-state index contributed by atoms with van der Waals surface area (Å²) in [6.45, 7) is -0.0131. The number of alkyl halides is 3. The molecule has 0 amide bonds. The van der Waals surface area contributed by atoms with Crippen LogP contribution in [0.4, 0.5) is 13.2 Å². The van der Waals surface area contributed by atoms with E-state index in [2.05, 4.69) is 15.0 Å². The van der Waals surface area contributed by atoms with Gasteiger partial charge in [0.15, 0.2) is 5.15 Å². The van der Waals surface area contributed by atoms with Crippen LogP contribution in [-0.2, 0) is 19.8 Å². The second-order valence-electron chi connectivity index (χ2n) is 7.19. The lowest BCUT2D eigenvalue weighted by molar-refractivity contribution is -0.137. The fourth-order valence-corrected chi connectivity index (χ4v) is 3.74. The van der Waals surface area contributed by atoms with Gasteiger partial charge in [0.05, 0.1) is 24.1 Å². The largest absolute Gasteiger partial charge is 0.496 e. The summed E-state index contributed by atoms with van der Waals surface area (Å²) >= 11 is 12.3. The van der Waals surface area contributed by atoms with Crippen molar-refractivity contribution in [1.82, 2.24) is 19.5 Å². The molecule has 0 saturated heterocycles. The zero-order chi connectivity index (χ0) is 24.5. The van der Waals surface area contributed by atoms with E-state index in [0.29, 0.717) is 39.4 Å².